The summed E-state index contributed by atoms with van der Waals surface area (Å²) in [6.45, 7) is 4.99. The molecule has 0 spiro atoms. The van der Waals surface area contributed by atoms with E-state index in [1.165, 1.54) is 0 Å². The second kappa shape index (κ2) is 4.94. The monoisotopic (exact) mass is 190 g/mol. The lowest BCUT2D eigenvalue weighted by Gasteiger charge is -2.13. The number of nitrogens with zero attached hydrogens (tertiary/aromatic N) is 1. The van der Waals surface area contributed by atoms with Gasteiger partial charge in [-0.2, -0.15) is 0 Å². The van der Waals surface area contributed by atoms with Gasteiger partial charge < -0.3 is 10.6 Å². The lowest BCUT2D eigenvalue weighted by Crippen LogP contribution is -2.29. The molecule has 1 aliphatic heterocycles. The fourth-order valence-corrected chi connectivity index (χ4v) is 2.19. The zero-order valence-electron chi connectivity index (χ0n) is 7.66. The standard InChI is InChI=1S/C8H18N2OS/c1-2-12(11)6-5-10-4-3-8(9)7-10/h8H,2-7,9H2,1H3. The van der Waals surface area contributed by atoms with Gasteiger partial charge in [-0.1, -0.05) is 6.92 Å². The average molecular weight is 190 g/mol. The molecule has 0 bridgehead atoms. The van der Waals surface area contributed by atoms with Crippen molar-refractivity contribution in [3.05, 3.63) is 0 Å². The highest BCUT2D eigenvalue weighted by Gasteiger charge is 2.18. The second-order valence-corrected chi connectivity index (χ2v) is 5.15. The van der Waals surface area contributed by atoms with Crippen LogP contribution in [-0.2, 0) is 10.8 Å². The van der Waals surface area contributed by atoms with E-state index in [1.807, 2.05) is 6.92 Å². The van der Waals surface area contributed by atoms with Crippen LogP contribution in [0.5, 0.6) is 0 Å². The summed E-state index contributed by atoms with van der Waals surface area (Å²) in [4.78, 5) is 2.30. The Kier molecular flexibility index (Phi) is 4.18. The molecule has 0 aromatic carbocycles. The van der Waals surface area contributed by atoms with Crippen LogP contribution in [0.15, 0.2) is 0 Å². The molecule has 1 fully saturated rings. The van der Waals surface area contributed by atoms with E-state index in [1.54, 1.807) is 0 Å². The van der Waals surface area contributed by atoms with Gasteiger partial charge >= 0.3 is 0 Å². The van der Waals surface area contributed by atoms with E-state index in [0.717, 1.165) is 37.6 Å². The normalized spacial score (nSPS) is 27.7. The first-order valence-corrected chi connectivity index (χ1v) is 6.04. The molecule has 72 valence electrons. The minimum Gasteiger partial charge on any atom is -0.326 e. The third-order valence-corrected chi connectivity index (χ3v) is 3.55. The number of hydrogen-bond donors (Lipinski definition) is 1. The van der Waals surface area contributed by atoms with E-state index in [9.17, 15) is 4.21 Å². The molecule has 0 radical (unpaired) electrons. The molecule has 0 aliphatic carbocycles. The molecule has 0 aromatic heterocycles. The molecule has 1 saturated heterocycles. The molecule has 0 amide bonds. The molecule has 1 rings (SSSR count). The Labute approximate surface area is 76.8 Å². The van der Waals surface area contributed by atoms with Crippen molar-refractivity contribution in [2.45, 2.75) is 19.4 Å². The minimum atomic E-state index is -0.617. The van der Waals surface area contributed by atoms with E-state index < -0.39 is 10.8 Å². The van der Waals surface area contributed by atoms with Crippen LogP contribution in [0.3, 0.4) is 0 Å². The Bertz CT molecular complexity index is 163. The number of hydrogen-bond acceptors (Lipinski definition) is 3. The summed E-state index contributed by atoms with van der Waals surface area (Å²) in [6, 6.07) is 0.347. The maximum Gasteiger partial charge on any atom is 0.0362 e. The maximum atomic E-state index is 11.1. The van der Waals surface area contributed by atoms with Gasteiger partial charge in [-0.25, -0.2) is 0 Å². The number of likely N-dealkylation sites (tertiary alicyclic amines) is 1. The van der Waals surface area contributed by atoms with Gasteiger partial charge in [0.15, 0.2) is 0 Å². The third kappa shape index (κ3) is 3.21. The van der Waals surface area contributed by atoms with E-state index in [-0.39, 0.29) is 0 Å². The van der Waals surface area contributed by atoms with Crippen LogP contribution in [0.4, 0.5) is 0 Å². The Morgan fingerprint density at radius 2 is 2.42 bits per heavy atom. The SMILES string of the molecule is CCS(=O)CCN1CCC(N)C1. The highest BCUT2D eigenvalue weighted by atomic mass is 32.2. The van der Waals surface area contributed by atoms with Crippen LogP contribution in [0.2, 0.25) is 0 Å². The van der Waals surface area contributed by atoms with Gasteiger partial charge in [-0.3, -0.25) is 4.21 Å². The highest BCUT2D eigenvalue weighted by Crippen LogP contribution is 2.05. The van der Waals surface area contributed by atoms with Crippen molar-refractivity contribution < 1.29 is 4.21 Å². The molecule has 0 saturated carbocycles. The molecule has 2 unspecified atom stereocenters. The molecule has 4 heteroatoms. The fourth-order valence-electron chi connectivity index (χ4n) is 1.44. The van der Waals surface area contributed by atoms with Crippen LogP contribution in [0.1, 0.15) is 13.3 Å². The fraction of sp³-hybridized carbons (Fsp3) is 1.00. The quantitative estimate of drug-likeness (QED) is 0.667. The number of rotatable bonds is 4. The predicted molar refractivity (Wildman–Crippen MR) is 52.6 cm³/mol. The maximum absolute atomic E-state index is 11.1. The lowest BCUT2D eigenvalue weighted by atomic mass is 10.3. The van der Waals surface area contributed by atoms with Crippen LogP contribution in [0, 0.1) is 0 Å². The average Bonchev–Trinajstić information content (AvgIpc) is 2.47. The summed E-state index contributed by atoms with van der Waals surface area (Å²) >= 11 is 0. The van der Waals surface area contributed by atoms with Gasteiger partial charge in [-0.15, -0.1) is 0 Å². The molecule has 12 heavy (non-hydrogen) atoms. The molecule has 3 nitrogen and oxygen atoms in total. The molecule has 2 N–H and O–H groups in total. The van der Waals surface area contributed by atoms with Crippen LogP contribution in [-0.4, -0.2) is 46.3 Å². The highest BCUT2D eigenvalue weighted by molar-refractivity contribution is 7.84. The van der Waals surface area contributed by atoms with Crippen molar-refractivity contribution in [1.82, 2.24) is 4.90 Å². The van der Waals surface area contributed by atoms with Crippen molar-refractivity contribution in [2.75, 3.05) is 31.1 Å². The summed E-state index contributed by atoms with van der Waals surface area (Å²) in [5.74, 6) is 1.59. The first-order valence-electron chi connectivity index (χ1n) is 4.55. The van der Waals surface area contributed by atoms with Crippen LogP contribution in [0.25, 0.3) is 0 Å². The Hall–Kier alpha value is 0.0700. The smallest absolute Gasteiger partial charge is 0.0362 e. The van der Waals surface area contributed by atoms with Gasteiger partial charge in [0.1, 0.15) is 0 Å². The third-order valence-electron chi connectivity index (χ3n) is 2.27. The largest absolute Gasteiger partial charge is 0.326 e. The van der Waals surface area contributed by atoms with Gasteiger partial charge in [0.2, 0.25) is 0 Å². The molecule has 2 atom stereocenters. The predicted octanol–water partition coefficient (Wildman–Crippen LogP) is -0.212. The molecule has 0 aromatic rings. The van der Waals surface area contributed by atoms with E-state index in [2.05, 4.69) is 4.90 Å². The molecular formula is C8H18N2OS. The second-order valence-electron chi connectivity index (χ2n) is 3.28. The summed E-state index contributed by atoms with van der Waals surface area (Å²) in [6.07, 6.45) is 1.10. The van der Waals surface area contributed by atoms with Crippen LogP contribution >= 0.6 is 0 Å². The molecular weight excluding hydrogens is 172 g/mol. The first kappa shape index (κ1) is 10.2. The Morgan fingerprint density at radius 1 is 1.67 bits per heavy atom. The van der Waals surface area contributed by atoms with Gasteiger partial charge in [-0.05, 0) is 13.0 Å². The van der Waals surface area contributed by atoms with Crippen molar-refractivity contribution >= 4 is 10.8 Å². The summed E-state index contributed by atoms with van der Waals surface area (Å²) in [5, 5.41) is 0. The zero-order chi connectivity index (χ0) is 8.97. The topological polar surface area (TPSA) is 46.3 Å². The Morgan fingerprint density at radius 3 is 2.92 bits per heavy atom. The summed E-state index contributed by atoms with van der Waals surface area (Å²) in [7, 11) is -0.617. The van der Waals surface area contributed by atoms with E-state index in [0.29, 0.717) is 6.04 Å². The first-order chi connectivity index (χ1) is 5.72. The summed E-state index contributed by atoms with van der Waals surface area (Å²) < 4.78 is 11.1. The Balaban J connectivity index is 2.11. The molecule has 1 aliphatic rings. The van der Waals surface area contributed by atoms with Crippen molar-refractivity contribution in [2.24, 2.45) is 5.73 Å². The van der Waals surface area contributed by atoms with E-state index >= 15 is 0 Å². The lowest BCUT2D eigenvalue weighted by molar-refractivity contribution is 0.356. The zero-order valence-corrected chi connectivity index (χ0v) is 8.48. The summed E-state index contributed by atoms with van der Waals surface area (Å²) in [5.41, 5.74) is 5.75. The molecule has 1 heterocycles. The van der Waals surface area contributed by atoms with Gasteiger partial charge in [0.25, 0.3) is 0 Å². The van der Waals surface area contributed by atoms with Crippen LogP contribution < -0.4 is 5.73 Å². The van der Waals surface area contributed by atoms with Crippen molar-refractivity contribution in [1.29, 1.82) is 0 Å². The van der Waals surface area contributed by atoms with Crippen molar-refractivity contribution in [3.63, 3.8) is 0 Å². The van der Waals surface area contributed by atoms with Gasteiger partial charge in [0.05, 0.1) is 0 Å². The number of nitrogens with two attached hydrogens (primary N) is 1. The van der Waals surface area contributed by atoms with E-state index in [4.69, 9.17) is 5.73 Å². The van der Waals surface area contributed by atoms with Gasteiger partial charge in [0, 0.05) is 41.4 Å². The van der Waals surface area contributed by atoms with Crippen molar-refractivity contribution in [3.8, 4) is 0 Å². The minimum absolute atomic E-state index is 0.347.